The summed E-state index contributed by atoms with van der Waals surface area (Å²) >= 11 is 0. The van der Waals surface area contributed by atoms with Crippen molar-refractivity contribution in [2.75, 3.05) is 0 Å². The fourth-order valence-corrected chi connectivity index (χ4v) is 2.54. The summed E-state index contributed by atoms with van der Waals surface area (Å²) in [6.07, 6.45) is 0.189. The molecule has 2 aromatic rings. The van der Waals surface area contributed by atoms with Crippen LogP contribution in [-0.4, -0.2) is 11.1 Å². The molecule has 0 radical (unpaired) electrons. The van der Waals surface area contributed by atoms with Gasteiger partial charge in [0.05, 0.1) is 5.41 Å². The van der Waals surface area contributed by atoms with Gasteiger partial charge in [0.25, 0.3) is 0 Å². The molecule has 2 rings (SSSR count). The van der Waals surface area contributed by atoms with E-state index in [-0.39, 0.29) is 18.4 Å². The first-order valence-electron chi connectivity index (χ1n) is 6.72. The molecule has 2 aromatic carbocycles. The van der Waals surface area contributed by atoms with Crippen molar-refractivity contribution in [3.05, 3.63) is 71.3 Å². The van der Waals surface area contributed by atoms with Gasteiger partial charge < -0.3 is 5.11 Å². The largest absolute Gasteiger partial charge is 0.481 e. The van der Waals surface area contributed by atoms with Gasteiger partial charge in [0.15, 0.2) is 0 Å². The van der Waals surface area contributed by atoms with Gasteiger partial charge >= 0.3 is 5.97 Å². The average Bonchev–Trinajstić information content (AvgIpc) is 2.49. The van der Waals surface area contributed by atoms with Crippen LogP contribution in [0.3, 0.4) is 0 Å². The van der Waals surface area contributed by atoms with E-state index in [1.54, 1.807) is 37.3 Å². The maximum Gasteiger partial charge on any atom is 0.314 e. The van der Waals surface area contributed by atoms with E-state index >= 15 is 0 Å². The van der Waals surface area contributed by atoms with Crippen molar-refractivity contribution in [3.63, 3.8) is 0 Å². The molecule has 0 spiro atoms. The van der Waals surface area contributed by atoms with Crippen molar-refractivity contribution >= 4 is 5.97 Å². The van der Waals surface area contributed by atoms with Crippen LogP contribution in [0.25, 0.3) is 0 Å². The standard InChI is InChI=1S/C17H16F2O2/c1-2-17(16(20)21,13-6-4-3-5-7-13)11-12-10-14(18)8-9-15(12)19/h3-10H,2,11H2,1H3,(H,20,21). The second kappa shape index (κ2) is 6.04. The normalized spacial score (nSPS) is 13.7. The van der Waals surface area contributed by atoms with E-state index in [0.29, 0.717) is 5.56 Å². The molecule has 0 aliphatic heterocycles. The first-order valence-corrected chi connectivity index (χ1v) is 6.72. The molecule has 0 fully saturated rings. The SMILES string of the molecule is CCC(Cc1cc(F)ccc1F)(C(=O)O)c1ccccc1. The van der Waals surface area contributed by atoms with Crippen LogP contribution in [0.15, 0.2) is 48.5 Å². The van der Waals surface area contributed by atoms with Gasteiger partial charge in [0.2, 0.25) is 0 Å². The maximum absolute atomic E-state index is 13.9. The van der Waals surface area contributed by atoms with E-state index in [2.05, 4.69) is 0 Å². The molecule has 0 saturated heterocycles. The number of benzene rings is 2. The summed E-state index contributed by atoms with van der Waals surface area (Å²) in [6, 6.07) is 11.8. The first-order chi connectivity index (χ1) is 9.99. The Labute approximate surface area is 122 Å². The van der Waals surface area contributed by atoms with E-state index in [0.717, 1.165) is 18.2 Å². The summed E-state index contributed by atoms with van der Waals surface area (Å²) in [6.45, 7) is 1.73. The monoisotopic (exact) mass is 290 g/mol. The summed E-state index contributed by atoms with van der Waals surface area (Å²) < 4.78 is 27.2. The lowest BCUT2D eigenvalue weighted by molar-refractivity contribution is -0.144. The van der Waals surface area contributed by atoms with Crippen LogP contribution < -0.4 is 0 Å². The summed E-state index contributed by atoms with van der Waals surface area (Å²) in [5.74, 6) is -2.21. The van der Waals surface area contributed by atoms with Crippen LogP contribution in [-0.2, 0) is 16.6 Å². The van der Waals surface area contributed by atoms with Gasteiger partial charge in [0.1, 0.15) is 11.6 Å². The van der Waals surface area contributed by atoms with Gasteiger partial charge in [-0.2, -0.15) is 0 Å². The molecule has 0 bridgehead atoms. The molecule has 0 aliphatic rings. The smallest absolute Gasteiger partial charge is 0.314 e. The van der Waals surface area contributed by atoms with Crippen molar-refractivity contribution in [2.24, 2.45) is 0 Å². The number of halogens is 2. The molecule has 0 aliphatic carbocycles. The lowest BCUT2D eigenvalue weighted by atomic mass is 9.73. The number of aliphatic carboxylic acids is 1. The zero-order valence-electron chi connectivity index (χ0n) is 11.6. The molecule has 4 heteroatoms. The topological polar surface area (TPSA) is 37.3 Å². The quantitative estimate of drug-likeness (QED) is 0.905. The molecule has 1 unspecified atom stereocenters. The van der Waals surface area contributed by atoms with Gasteiger partial charge in [-0.3, -0.25) is 4.79 Å². The van der Waals surface area contributed by atoms with E-state index < -0.39 is 23.0 Å². The van der Waals surface area contributed by atoms with Crippen molar-refractivity contribution in [3.8, 4) is 0 Å². The molecular formula is C17H16F2O2. The number of hydrogen-bond donors (Lipinski definition) is 1. The minimum atomic E-state index is -1.27. The minimum absolute atomic E-state index is 0.0723. The van der Waals surface area contributed by atoms with Gasteiger partial charge in [-0.15, -0.1) is 0 Å². The van der Waals surface area contributed by atoms with Crippen LogP contribution in [0.2, 0.25) is 0 Å². The van der Waals surface area contributed by atoms with Gasteiger partial charge in [-0.1, -0.05) is 37.3 Å². The Hall–Kier alpha value is -2.23. The zero-order valence-corrected chi connectivity index (χ0v) is 11.6. The van der Waals surface area contributed by atoms with Crippen LogP contribution in [0.1, 0.15) is 24.5 Å². The van der Waals surface area contributed by atoms with E-state index in [9.17, 15) is 18.7 Å². The Morgan fingerprint density at radius 3 is 2.38 bits per heavy atom. The highest BCUT2D eigenvalue weighted by atomic mass is 19.1. The Bertz CT molecular complexity index is 640. The number of carbonyl (C=O) groups is 1. The Morgan fingerprint density at radius 1 is 1.14 bits per heavy atom. The fourth-order valence-electron chi connectivity index (χ4n) is 2.54. The summed E-state index contributed by atoms with van der Waals surface area (Å²) in [5.41, 5.74) is -0.609. The molecule has 1 atom stereocenters. The number of carboxylic acid groups (broad SMARTS) is 1. The fraction of sp³-hybridized carbons (Fsp3) is 0.235. The Kier molecular flexibility index (Phi) is 4.36. The third kappa shape index (κ3) is 2.94. The van der Waals surface area contributed by atoms with Crippen LogP contribution >= 0.6 is 0 Å². The zero-order chi connectivity index (χ0) is 15.5. The van der Waals surface area contributed by atoms with Gasteiger partial charge in [-0.25, -0.2) is 8.78 Å². The van der Waals surface area contributed by atoms with E-state index in [4.69, 9.17) is 0 Å². The Balaban J connectivity index is 2.51. The molecule has 0 heterocycles. The molecule has 2 nitrogen and oxygen atoms in total. The minimum Gasteiger partial charge on any atom is -0.481 e. The highest BCUT2D eigenvalue weighted by Crippen LogP contribution is 2.33. The van der Waals surface area contributed by atoms with Gasteiger partial charge in [-0.05, 0) is 42.2 Å². The van der Waals surface area contributed by atoms with Gasteiger partial charge in [0, 0.05) is 0 Å². The maximum atomic E-state index is 13.9. The average molecular weight is 290 g/mol. The molecule has 0 aromatic heterocycles. The molecule has 110 valence electrons. The first kappa shape index (κ1) is 15.2. The van der Waals surface area contributed by atoms with Crippen LogP contribution in [0.5, 0.6) is 0 Å². The summed E-state index contributed by atoms with van der Waals surface area (Å²) in [5, 5.41) is 9.68. The Morgan fingerprint density at radius 2 is 1.81 bits per heavy atom. The third-order valence-corrected chi connectivity index (χ3v) is 3.84. The third-order valence-electron chi connectivity index (χ3n) is 3.84. The predicted molar refractivity (Wildman–Crippen MR) is 76.1 cm³/mol. The number of hydrogen-bond acceptors (Lipinski definition) is 1. The number of rotatable bonds is 5. The van der Waals surface area contributed by atoms with E-state index in [1.165, 1.54) is 0 Å². The molecule has 21 heavy (non-hydrogen) atoms. The summed E-state index contributed by atoms with van der Waals surface area (Å²) in [7, 11) is 0. The number of carboxylic acids is 1. The van der Waals surface area contributed by atoms with Crippen molar-refractivity contribution in [1.82, 2.24) is 0 Å². The highest BCUT2D eigenvalue weighted by Gasteiger charge is 2.39. The van der Waals surface area contributed by atoms with E-state index in [1.807, 2.05) is 0 Å². The van der Waals surface area contributed by atoms with Crippen LogP contribution in [0, 0.1) is 11.6 Å². The molecular weight excluding hydrogens is 274 g/mol. The summed E-state index contributed by atoms with van der Waals surface area (Å²) in [4.78, 5) is 11.8. The molecule has 0 amide bonds. The van der Waals surface area contributed by atoms with Crippen molar-refractivity contribution < 1.29 is 18.7 Å². The molecule has 1 N–H and O–H groups in total. The van der Waals surface area contributed by atoms with Crippen LogP contribution in [0.4, 0.5) is 8.78 Å². The second-order valence-electron chi connectivity index (χ2n) is 5.02. The molecule has 0 saturated carbocycles. The predicted octanol–water partition coefficient (Wildman–Crippen LogP) is 3.94. The lowest BCUT2D eigenvalue weighted by Gasteiger charge is -2.29. The van der Waals surface area contributed by atoms with Crippen molar-refractivity contribution in [1.29, 1.82) is 0 Å². The lowest BCUT2D eigenvalue weighted by Crippen LogP contribution is -2.37. The van der Waals surface area contributed by atoms with Crippen molar-refractivity contribution in [2.45, 2.75) is 25.2 Å². The second-order valence-corrected chi connectivity index (χ2v) is 5.02. The highest BCUT2D eigenvalue weighted by molar-refractivity contribution is 5.81.